The van der Waals surface area contributed by atoms with Gasteiger partial charge in [0.15, 0.2) is 0 Å². The Morgan fingerprint density at radius 3 is 1.86 bits per heavy atom. The molecule has 0 bridgehead atoms. The molecule has 0 heterocycles. The molecule has 9 N–H and O–H groups in total. The van der Waals surface area contributed by atoms with Crippen molar-refractivity contribution in [1.82, 2.24) is 16.0 Å². The molecule has 5 unspecified atom stereocenters. The number of benzene rings is 1. The third-order valence-electron chi connectivity index (χ3n) is 5.07. The van der Waals surface area contributed by atoms with Gasteiger partial charge in [-0.2, -0.15) is 0 Å². The molecule has 35 heavy (non-hydrogen) atoms. The Kier molecular flexibility index (Phi) is 11.1. The summed E-state index contributed by atoms with van der Waals surface area (Å²) in [6.07, 6.45) is -2.22. The van der Waals surface area contributed by atoms with E-state index >= 15 is 0 Å². The van der Waals surface area contributed by atoms with E-state index in [1.54, 1.807) is 13.8 Å². The molecular formula is C22H32N4O9. The van der Waals surface area contributed by atoms with E-state index in [-0.39, 0.29) is 12.2 Å². The molecule has 194 valence electrons. The van der Waals surface area contributed by atoms with Crippen molar-refractivity contribution in [1.29, 1.82) is 0 Å². The number of nitrogens with one attached hydrogen (secondary N) is 3. The number of carboxylic acids is 2. The van der Waals surface area contributed by atoms with Crippen LogP contribution in [0.25, 0.3) is 0 Å². The molecular weight excluding hydrogens is 464 g/mol. The monoisotopic (exact) mass is 496 g/mol. The van der Waals surface area contributed by atoms with E-state index in [1.165, 1.54) is 31.2 Å². The first kappa shape index (κ1) is 29.3. The van der Waals surface area contributed by atoms with Gasteiger partial charge in [-0.1, -0.05) is 26.0 Å². The number of nitrogens with two attached hydrogens (primary N) is 1. The summed E-state index contributed by atoms with van der Waals surface area (Å²) in [5, 5.41) is 44.3. The summed E-state index contributed by atoms with van der Waals surface area (Å²) >= 11 is 0. The Bertz CT molecular complexity index is 918. The molecule has 1 rings (SSSR count). The molecule has 0 radical (unpaired) electrons. The number of hydrogen-bond acceptors (Lipinski definition) is 8. The minimum Gasteiger partial charge on any atom is -0.508 e. The van der Waals surface area contributed by atoms with Crippen molar-refractivity contribution in [3.8, 4) is 5.75 Å². The van der Waals surface area contributed by atoms with E-state index < -0.39 is 72.3 Å². The first-order chi connectivity index (χ1) is 16.2. The third kappa shape index (κ3) is 9.59. The molecule has 1 aromatic carbocycles. The molecule has 0 saturated carbocycles. The van der Waals surface area contributed by atoms with Gasteiger partial charge in [-0.15, -0.1) is 0 Å². The molecule has 0 aliphatic rings. The highest BCUT2D eigenvalue weighted by Gasteiger charge is 2.33. The highest BCUT2D eigenvalue weighted by molar-refractivity contribution is 5.95. The van der Waals surface area contributed by atoms with Crippen LogP contribution in [0.2, 0.25) is 0 Å². The zero-order valence-corrected chi connectivity index (χ0v) is 19.6. The van der Waals surface area contributed by atoms with Gasteiger partial charge in [0.2, 0.25) is 17.7 Å². The quantitative estimate of drug-likeness (QED) is 0.154. The highest BCUT2D eigenvalue weighted by atomic mass is 16.4. The SMILES string of the molecule is CC(C)C(NC(=O)C(N)C(C)O)C(=O)NC(CC(=O)O)C(=O)NC(Cc1ccc(O)cc1)C(=O)O. The summed E-state index contributed by atoms with van der Waals surface area (Å²) in [6, 6.07) is -0.0401. The molecule has 0 spiro atoms. The van der Waals surface area contributed by atoms with E-state index in [9.17, 15) is 44.4 Å². The second-order valence-electron chi connectivity index (χ2n) is 8.43. The normalized spacial score (nSPS) is 15.3. The van der Waals surface area contributed by atoms with Gasteiger partial charge in [-0.3, -0.25) is 19.2 Å². The predicted octanol–water partition coefficient (Wildman–Crippen LogP) is -1.69. The van der Waals surface area contributed by atoms with Crippen molar-refractivity contribution < 1.29 is 44.4 Å². The number of phenols is 1. The fourth-order valence-corrected chi connectivity index (χ4v) is 2.99. The number of carboxylic acid groups (broad SMARTS) is 2. The van der Waals surface area contributed by atoms with E-state index in [2.05, 4.69) is 16.0 Å². The molecule has 3 amide bonds. The van der Waals surface area contributed by atoms with Gasteiger partial charge in [-0.25, -0.2) is 4.79 Å². The van der Waals surface area contributed by atoms with E-state index in [4.69, 9.17) is 5.73 Å². The van der Waals surface area contributed by atoms with Crippen molar-refractivity contribution in [2.45, 2.75) is 63.9 Å². The van der Waals surface area contributed by atoms with Crippen molar-refractivity contribution in [2.75, 3.05) is 0 Å². The van der Waals surface area contributed by atoms with Crippen LogP contribution < -0.4 is 21.7 Å². The Hall–Kier alpha value is -3.71. The lowest BCUT2D eigenvalue weighted by atomic mass is 10.0. The van der Waals surface area contributed by atoms with Crippen LogP contribution in [-0.2, 0) is 30.4 Å². The van der Waals surface area contributed by atoms with E-state index in [1.807, 2.05) is 0 Å². The molecule has 0 aromatic heterocycles. The molecule has 0 fully saturated rings. The minimum absolute atomic E-state index is 0.0323. The number of aromatic hydroxyl groups is 1. The number of carbonyl (C=O) groups excluding carboxylic acids is 3. The summed E-state index contributed by atoms with van der Waals surface area (Å²) < 4.78 is 0. The number of rotatable bonds is 13. The van der Waals surface area contributed by atoms with Gasteiger partial charge in [0, 0.05) is 6.42 Å². The van der Waals surface area contributed by atoms with Crippen LogP contribution in [0, 0.1) is 5.92 Å². The predicted molar refractivity (Wildman–Crippen MR) is 122 cm³/mol. The first-order valence-corrected chi connectivity index (χ1v) is 10.8. The van der Waals surface area contributed by atoms with E-state index in [0.717, 1.165) is 0 Å². The Morgan fingerprint density at radius 1 is 0.857 bits per heavy atom. The summed E-state index contributed by atoms with van der Waals surface area (Å²) in [7, 11) is 0. The maximum absolute atomic E-state index is 12.8. The van der Waals surface area contributed by atoms with Crippen LogP contribution in [0.15, 0.2) is 24.3 Å². The average Bonchev–Trinajstić information content (AvgIpc) is 2.76. The maximum atomic E-state index is 12.8. The Morgan fingerprint density at radius 2 is 1.40 bits per heavy atom. The largest absolute Gasteiger partial charge is 0.508 e. The fraction of sp³-hybridized carbons (Fsp3) is 0.500. The third-order valence-corrected chi connectivity index (χ3v) is 5.07. The topological polar surface area (TPSA) is 228 Å². The lowest BCUT2D eigenvalue weighted by Crippen LogP contribution is -2.59. The number of carbonyl (C=O) groups is 5. The van der Waals surface area contributed by atoms with Crippen molar-refractivity contribution in [3.05, 3.63) is 29.8 Å². The lowest BCUT2D eigenvalue weighted by molar-refractivity contribution is -0.143. The van der Waals surface area contributed by atoms with Gasteiger partial charge < -0.3 is 42.1 Å². The number of aliphatic hydroxyl groups excluding tert-OH is 1. The van der Waals surface area contributed by atoms with Gasteiger partial charge in [-0.05, 0) is 30.5 Å². The highest BCUT2D eigenvalue weighted by Crippen LogP contribution is 2.12. The molecule has 13 nitrogen and oxygen atoms in total. The summed E-state index contributed by atoms with van der Waals surface area (Å²) in [5.41, 5.74) is 6.05. The zero-order valence-electron chi connectivity index (χ0n) is 19.6. The summed E-state index contributed by atoms with van der Waals surface area (Å²) in [5.74, 6) is -6.14. The van der Waals surface area contributed by atoms with Crippen molar-refractivity contribution in [3.63, 3.8) is 0 Å². The standard InChI is InChI=1S/C22H32N4O9/c1-10(2)18(26-20(32)17(23)11(3)27)21(33)24-14(9-16(29)30)19(31)25-15(22(34)35)8-12-4-6-13(28)7-5-12/h4-7,10-11,14-15,17-18,27-28H,8-9,23H2,1-3H3,(H,24,33)(H,25,31)(H,26,32)(H,29,30)(H,34,35). The fourth-order valence-electron chi connectivity index (χ4n) is 2.99. The van der Waals surface area contributed by atoms with Crippen LogP contribution in [0.1, 0.15) is 32.8 Å². The molecule has 0 aliphatic carbocycles. The lowest BCUT2D eigenvalue weighted by Gasteiger charge is -2.27. The number of phenolic OH excluding ortho intramolecular Hbond substituents is 1. The summed E-state index contributed by atoms with van der Waals surface area (Å²) in [6.45, 7) is 4.46. The van der Waals surface area contributed by atoms with Crippen LogP contribution in [0.5, 0.6) is 5.75 Å². The maximum Gasteiger partial charge on any atom is 0.326 e. The Labute approximate surface area is 201 Å². The van der Waals surface area contributed by atoms with Gasteiger partial charge in [0.05, 0.1) is 12.5 Å². The average molecular weight is 497 g/mol. The van der Waals surface area contributed by atoms with Crippen LogP contribution in [0.3, 0.4) is 0 Å². The van der Waals surface area contributed by atoms with Crippen molar-refractivity contribution in [2.24, 2.45) is 11.7 Å². The van der Waals surface area contributed by atoms with Gasteiger partial charge in [0.25, 0.3) is 0 Å². The number of hydrogen-bond donors (Lipinski definition) is 8. The van der Waals surface area contributed by atoms with Crippen LogP contribution in [0.4, 0.5) is 0 Å². The van der Waals surface area contributed by atoms with Crippen LogP contribution >= 0.6 is 0 Å². The Balaban J connectivity index is 3.01. The molecule has 13 heteroatoms. The van der Waals surface area contributed by atoms with Crippen LogP contribution in [-0.4, -0.2) is 80.4 Å². The first-order valence-electron chi connectivity index (χ1n) is 10.8. The zero-order chi connectivity index (χ0) is 26.9. The molecule has 0 aliphatic heterocycles. The molecule has 1 aromatic rings. The number of aliphatic carboxylic acids is 2. The molecule has 0 saturated heterocycles. The second kappa shape index (κ2) is 13.2. The smallest absolute Gasteiger partial charge is 0.326 e. The van der Waals surface area contributed by atoms with E-state index in [0.29, 0.717) is 5.56 Å². The summed E-state index contributed by atoms with van der Waals surface area (Å²) in [4.78, 5) is 60.7. The minimum atomic E-state index is -1.65. The van der Waals surface area contributed by atoms with Crippen molar-refractivity contribution >= 4 is 29.7 Å². The van der Waals surface area contributed by atoms with Gasteiger partial charge in [0.1, 0.15) is 29.9 Å². The number of amides is 3. The number of aliphatic hydroxyl groups is 1. The second-order valence-corrected chi connectivity index (χ2v) is 8.43. The van der Waals surface area contributed by atoms with Gasteiger partial charge >= 0.3 is 11.9 Å². The molecule has 5 atom stereocenters.